The van der Waals surface area contributed by atoms with E-state index in [1.807, 2.05) is 36.4 Å². The molecule has 5 nitrogen and oxygen atoms in total. The molecule has 0 amide bonds. The molecule has 0 N–H and O–H groups in total. The van der Waals surface area contributed by atoms with Crippen molar-refractivity contribution in [3.05, 3.63) is 237 Å². The molecule has 0 aliphatic rings. The van der Waals surface area contributed by atoms with Gasteiger partial charge < -0.3 is 4.57 Å². The number of fused-ring (bicyclic) bond motifs is 12. The molecular formula is C63H39N5. The van der Waals surface area contributed by atoms with Gasteiger partial charge in [-0.25, -0.2) is 4.98 Å². The maximum atomic E-state index is 5.23. The zero-order chi connectivity index (χ0) is 44.7. The van der Waals surface area contributed by atoms with E-state index in [9.17, 15) is 0 Å². The summed E-state index contributed by atoms with van der Waals surface area (Å²) in [5.74, 6) is 1.82. The highest BCUT2D eigenvalue weighted by atomic mass is 15.2. The van der Waals surface area contributed by atoms with Gasteiger partial charge in [-0.1, -0.05) is 188 Å². The Hall–Kier alpha value is -9.19. The Labute approximate surface area is 391 Å². The van der Waals surface area contributed by atoms with Crippen LogP contribution in [-0.4, -0.2) is 24.1 Å². The summed E-state index contributed by atoms with van der Waals surface area (Å²) >= 11 is 0. The van der Waals surface area contributed by atoms with Crippen molar-refractivity contribution >= 4 is 75.9 Å². The van der Waals surface area contributed by atoms with Crippen LogP contribution >= 0.6 is 0 Å². The maximum absolute atomic E-state index is 5.23. The van der Waals surface area contributed by atoms with Crippen molar-refractivity contribution in [2.75, 3.05) is 0 Å². The van der Waals surface area contributed by atoms with Gasteiger partial charge >= 0.3 is 0 Å². The monoisotopic (exact) mass is 865 g/mol. The second-order valence-corrected chi connectivity index (χ2v) is 17.6. The third-order valence-corrected chi connectivity index (χ3v) is 13.7. The van der Waals surface area contributed by atoms with Gasteiger partial charge in [-0.15, -0.1) is 0 Å². The summed E-state index contributed by atoms with van der Waals surface area (Å²) in [6.07, 6.45) is 0. The van der Waals surface area contributed by atoms with Gasteiger partial charge in [0.1, 0.15) is 0 Å². The highest BCUT2D eigenvalue weighted by molar-refractivity contribution is 6.26. The van der Waals surface area contributed by atoms with Gasteiger partial charge in [-0.3, -0.25) is 4.57 Å². The zero-order valence-electron chi connectivity index (χ0n) is 36.8. The summed E-state index contributed by atoms with van der Waals surface area (Å²) in [5, 5.41) is 12.2. The normalized spacial score (nSPS) is 11.8. The quantitative estimate of drug-likeness (QED) is 0.156. The predicted molar refractivity (Wildman–Crippen MR) is 283 cm³/mol. The van der Waals surface area contributed by atoms with Gasteiger partial charge in [0.05, 0.1) is 22.1 Å². The lowest BCUT2D eigenvalue weighted by atomic mass is 9.90. The summed E-state index contributed by atoms with van der Waals surface area (Å²) in [4.78, 5) is 15.5. The van der Waals surface area contributed by atoms with Gasteiger partial charge in [0.2, 0.25) is 5.95 Å². The fourth-order valence-corrected chi connectivity index (χ4v) is 10.6. The number of rotatable bonds is 6. The number of hydrogen-bond donors (Lipinski definition) is 0. The van der Waals surface area contributed by atoms with E-state index in [0.29, 0.717) is 17.6 Å². The Morgan fingerprint density at radius 1 is 0.221 bits per heavy atom. The molecule has 11 aromatic carbocycles. The molecule has 0 unspecified atom stereocenters. The lowest BCUT2D eigenvalue weighted by Crippen LogP contribution is -2.06. The maximum Gasteiger partial charge on any atom is 0.238 e. The Bertz CT molecular complexity index is 4250. The summed E-state index contributed by atoms with van der Waals surface area (Å²) in [6.45, 7) is 0. The van der Waals surface area contributed by atoms with Gasteiger partial charge in [0.15, 0.2) is 11.6 Å². The minimum Gasteiger partial charge on any atom is -0.309 e. The molecule has 0 bridgehead atoms. The van der Waals surface area contributed by atoms with Crippen molar-refractivity contribution in [2.45, 2.75) is 0 Å². The molecule has 316 valence electrons. The number of nitrogens with zero attached hydrogens (tertiary/aromatic N) is 5. The van der Waals surface area contributed by atoms with E-state index < -0.39 is 0 Å². The van der Waals surface area contributed by atoms with Crippen LogP contribution in [-0.2, 0) is 0 Å². The standard InChI is InChI=1S/C63H39N5/c1-4-17-40(18-5-1)44-31-34-50-53(36-44)48-26-11-10-25-47(48)49-33-32-45(37-54(49)50)43-23-16-24-46(35-43)67-57-29-14-12-27-51(57)55-38-56-52-28-13-15-30-58(52)68(60(56)39-59(55)67)63-65-61(41-19-6-2-7-20-41)64-62(66-63)42-21-8-3-9-22-42/h1-39H. The van der Waals surface area contributed by atoms with Crippen LogP contribution in [0.1, 0.15) is 0 Å². The molecule has 3 aromatic heterocycles. The van der Waals surface area contributed by atoms with Crippen molar-refractivity contribution in [2.24, 2.45) is 0 Å². The molecule has 5 heteroatoms. The average molecular weight is 866 g/mol. The third kappa shape index (κ3) is 5.99. The highest BCUT2D eigenvalue weighted by Gasteiger charge is 2.22. The van der Waals surface area contributed by atoms with Crippen molar-refractivity contribution in [1.29, 1.82) is 0 Å². The Kier molecular flexibility index (Phi) is 8.52. The van der Waals surface area contributed by atoms with Crippen molar-refractivity contribution in [3.8, 4) is 56.7 Å². The molecule has 0 fully saturated rings. The molecule has 0 aliphatic carbocycles. The van der Waals surface area contributed by atoms with Crippen LogP contribution in [0, 0.1) is 0 Å². The molecule has 0 atom stereocenters. The molecular weight excluding hydrogens is 827 g/mol. The van der Waals surface area contributed by atoms with Crippen molar-refractivity contribution in [3.63, 3.8) is 0 Å². The topological polar surface area (TPSA) is 48.5 Å². The number of benzene rings is 11. The first-order chi connectivity index (χ1) is 33.7. The van der Waals surface area contributed by atoms with Crippen LogP contribution in [0.4, 0.5) is 0 Å². The van der Waals surface area contributed by atoms with Crippen LogP contribution in [0.3, 0.4) is 0 Å². The second kappa shape index (κ2) is 15.2. The van der Waals surface area contributed by atoms with Crippen LogP contribution < -0.4 is 0 Å². The van der Waals surface area contributed by atoms with Gasteiger partial charge in [-0.05, 0) is 103 Å². The largest absolute Gasteiger partial charge is 0.309 e. The molecule has 0 radical (unpaired) electrons. The Balaban J connectivity index is 0.977. The Morgan fingerprint density at radius 2 is 0.647 bits per heavy atom. The summed E-state index contributed by atoms with van der Waals surface area (Å²) < 4.78 is 4.64. The molecule has 68 heavy (non-hydrogen) atoms. The molecule has 0 aliphatic heterocycles. The lowest BCUT2D eigenvalue weighted by molar-refractivity contribution is 0.953. The zero-order valence-corrected chi connectivity index (χ0v) is 36.8. The van der Waals surface area contributed by atoms with Gasteiger partial charge in [-0.2, -0.15) is 9.97 Å². The van der Waals surface area contributed by atoms with Crippen LogP contribution in [0.15, 0.2) is 237 Å². The summed E-state index contributed by atoms with van der Waals surface area (Å²) in [7, 11) is 0. The van der Waals surface area contributed by atoms with E-state index in [1.165, 1.54) is 59.8 Å². The van der Waals surface area contributed by atoms with E-state index in [0.717, 1.165) is 55.2 Å². The first kappa shape index (κ1) is 38.1. The van der Waals surface area contributed by atoms with E-state index in [2.05, 4.69) is 209 Å². The summed E-state index contributed by atoms with van der Waals surface area (Å²) in [6, 6.07) is 84.8. The van der Waals surface area contributed by atoms with Crippen molar-refractivity contribution < 1.29 is 0 Å². The lowest BCUT2D eigenvalue weighted by Gasteiger charge is -2.14. The number of hydrogen-bond acceptors (Lipinski definition) is 3. The fraction of sp³-hybridized carbons (Fsp3) is 0. The van der Waals surface area contributed by atoms with E-state index in [4.69, 9.17) is 15.0 Å². The van der Waals surface area contributed by atoms with Crippen LogP contribution in [0.25, 0.3) is 133 Å². The fourth-order valence-electron chi connectivity index (χ4n) is 10.6. The molecule has 0 spiro atoms. The Morgan fingerprint density at radius 3 is 1.25 bits per heavy atom. The molecule has 3 heterocycles. The smallest absolute Gasteiger partial charge is 0.238 e. The molecule has 14 rings (SSSR count). The minimum absolute atomic E-state index is 0.570. The van der Waals surface area contributed by atoms with Crippen LogP contribution in [0.2, 0.25) is 0 Å². The summed E-state index contributed by atoms with van der Waals surface area (Å²) in [5.41, 5.74) is 12.0. The van der Waals surface area contributed by atoms with Gasteiger partial charge in [0.25, 0.3) is 0 Å². The minimum atomic E-state index is 0.570. The SMILES string of the molecule is c1ccc(-c2ccc3c(c2)c2ccccc2c2ccc(-c4cccc(-n5c6ccccc6c6cc7c8ccccc8n(-c8nc(-c9ccccc9)nc(-c9ccccc9)n8)c7cc65)c4)cc23)cc1. The van der Waals surface area contributed by atoms with E-state index >= 15 is 0 Å². The van der Waals surface area contributed by atoms with Crippen LogP contribution in [0.5, 0.6) is 0 Å². The van der Waals surface area contributed by atoms with E-state index in [-0.39, 0.29) is 0 Å². The third-order valence-electron chi connectivity index (χ3n) is 13.7. The highest BCUT2D eigenvalue weighted by Crippen LogP contribution is 2.42. The number of aromatic nitrogens is 5. The molecule has 0 saturated carbocycles. The first-order valence-corrected chi connectivity index (χ1v) is 23.1. The van der Waals surface area contributed by atoms with Gasteiger partial charge in [0, 0.05) is 38.4 Å². The predicted octanol–water partition coefficient (Wildman–Crippen LogP) is 16.2. The van der Waals surface area contributed by atoms with Crippen molar-refractivity contribution in [1.82, 2.24) is 24.1 Å². The second-order valence-electron chi connectivity index (χ2n) is 17.6. The average Bonchev–Trinajstić information content (AvgIpc) is 3.92. The van der Waals surface area contributed by atoms with E-state index in [1.54, 1.807) is 0 Å². The molecule has 14 aromatic rings. The molecule has 0 saturated heterocycles. The first-order valence-electron chi connectivity index (χ1n) is 23.1. The number of para-hydroxylation sites is 2.